The van der Waals surface area contributed by atoms with Gasteiger partial charge in [0.25, 0.3) is 0 Å². The number of hydrogen-bond acceptors (Lipinski definition) is 10. The second-order valence-electron chi connectivity index (χ2n) is 9.75. The summed E-state index contributed by atoms with van der Waals surface area (Å²) in [6, 6.07) is 0. The molecule has 3 N–H and O–H groups in total. The van der Waals surface area contributed by atoms with Crippen LogP contribution in [0.5, 0.6) is 0 Å². The molecule has 0 amide bonds. The van der Waals surface area contributed by atoms with Crippen molar-refractivity contribution < 1.29 is 14.5 Å². The lowest BCUT2D eigenvalue weighted by Gasteiger charge is -2.34. The van der Waals surface area contributed by atoms with Crippen LogP contribution >= 0.6 is 0 Å². The van der Waals surface area contributed by atoms with E-state index in [9.17, 15) is 5.11 Å². The molecule has 1 fully saturated rings. The Bertz CT molecular complexity index is 1160. The van der Waals surface area contributed by atoms with Crippen molar-refractivity contribution in [1.82, 2.24) is 25.7 Å². The highest BCUT2D eigenvalue weighted by Gasteiger charge is 2.26. The number of hydrazine groups is 1. The van der Waals surface area contributed by atoms with Gasteiger partial charge >= 0.3 is 0 Å². The fourth-order valence-electron chi connectivity index (χ4n) is 4.75. The van der Waals surface area contributed by atoms with Crippen molar-refractivity contribution in [3.05, 3.63) is 47.2 Å². The average molecular weight is 510 g/mol. The quantitative estimate of drug-likeness (QED) is 0.224. The van der Waals surface area contributed by atoms with Gasteiger partial charge in [-0.3, -0.25) is 5.43 Å². The van der Waals surface area contributed by atoms with E-state index >= 15 is 0 Å². The van der Waals surface area contributed by atoms with Crippen molar-refractivity contribution in [1.29, 1.82) is 0 Å². The van der Waals surface area contributed by atoms with Crippen LogP contribution in [0.15, 0.2) is 51.9 Å². The van der Waals surface area contributed by atoms with Gasteiger partial charge in [0.15, 0.2) is 17.9 Å². The molecule has 2 aliphatic rings. The highest BCUT2D eigenvalue weighted by Crippen LogP contribution is 2.33. The van der Waals surface area contributed by atoms with Crippen LogP contribution in [0.4, 0.5) is 11.6 Å². The summed E-state index contributed by atoms with van der Waals surface area (Å²) < 4.78 is 10.2. The summed E-state index contributed by atoms with van der Waals surface area (Å²) in [4.78, 5) is 11.6. The lowest BCUT2D eigenvalue weighted by Crippen LogP contribution is -2.36. The van der Waals surface area contributed by atoms with E-state index in [0.29, 0.717) is 42.0 Å². The summed E-state index contributed by atoms with van der Waals surface area (Å²) >= 11 is 0. The second-order valence-corrected chi connectivity index (χ2v) is 9.75. The molecule has 37 heavy (non-hydrogen) atoms. The fourth-order valence-corrected chi connectivity index (χ4v) is 4.75. The summed E-state index contributed by atoms with van der Waals surface area (Å²) in [5.74, 6) is 2.61. The molecule has 10 nitrogen and oxygen atoms in total. The number of hydrogen-bond donors (Lipinski definition) is 3. The van der Waals surface area contributed by atoms with Gasteiger partial charge in [-0.25, -0.2) is 9.61 Å². The van der Waals surface area contributed by atoms with Crippen LogP contribution in [0.25, 0.3) is 11.3 Å². The number of fused-ring (bicyclic) bond motifs is 1. The third-order valence-corrected chi connectivity index (χ3v) is 7.08. The minimum absolute atomic E-state index is 0.351. The van der Waals surface area contributed by atoms with Crippen molar-refractivity contribution in [2.45, 2.75) is 66.1 Å². The summed E-state index contributed by atoms with van der Waals surface area (Å²) in [5, 5.41) is 17.9. The number of anilines is 2. The van der Waals surface area contributed by atoms with E-state index in [-0.39, 0.29) is 0 Å². The van der Waals surface area contributed by atoms with Crippen LogP contribution in [0, 0.1) is 11.8 Å². The van der Waals surface area contributed by atoms with Gasteiger partial charge in [-0.1, -0.05) is 43.7 Å². The van der Waals surface area contributed by atoms with Crippen LogP contribution in [0.3, 0.4) is 0 Å². The van der Waals surface area contributed by atoms with Crippen molar-refractivity contribution in [2.24, 2.45) is 11.8 Å². The molecule has 3 heterocycles. The Hall–Kier alpha value is -3.24. The minimum atomic E-state index is -0.899. The van der Waals surface area contributed by atoms with E-state index in [1.165, 1.54) is 6.42 Å². The summed E-state index contributed by atoms with van der Waals surface area (Å²) in [7, 11) is 0. The average Bonchev–Trinajstić information content (AvgIpc) is 3.37. The molecule has 2 aromatic rings. The van der Waals surface area contributed by atoms with Gasteiger partial charge in [0.2, 0.25) is 11.3 Å². The normalized spacial score (nSPS) is 20.3. The van der Waals surface area contributed by atoms with Gasteiger partial charge in [0, 0.05) is 25.4 Å². The van der Waals surface area contributed by atoms with Crippen LogP contribution in [-0.4, -0.2) is 51.4 Å². The molecule has 1 saturated heterocycles. The van der Waals surface area contributed by atoms with E-state index in [1.807, 2.05) is 32.9 Å². The number of aromatic nitrogens is 4. The Morgan fingerprint density at radius 1 is 1.22 bits per heavy atom. The predicted octanol–water partition coefficient (Wildman–Crippen LogP) is 4.65. The molecule has 4 rings (SSSR count). The molecule has 0 spiro atoms. The standard InChI is InChI=1S/C27H39N7O3/c1-5-21(27(35)36-6-2)12-11-19(4)30-31-25-26(29-24-23(28-25)32-37-33-24)34-15-13-20(14-16-34)17-22-10-8-7-9-18(22)3/h7-8,10-12,18,20,27,30,35H,5-6,9,13-17H2,1-4H3,(H,28,31,32)/b19-11+,21-12+. The monoisotopic (exact) mass is 509 g/mol. The first-order valence-electron chi connectivity index (χ1n) is 13.3. The summed E-state index contributed by atoms with van der Waals surface area (Å²) in [6.45, 7) is 10.3. The van der Waals surface area contributed by atoms with Crippen LogP contribution < -0.4 is 15.8 Å². The third kappa shape index (κ3) is 6.95. The fraction of sp³-hybridized carbons (Fsp3) is 0.556. The van der Waals surface area contributed by atoms with Gasteiger partial charge in [-0.15, -0.1) is 0 Å². The summed E-state index contributed by atoms with van der Waals surface area (Å²) in [5.41, 5.74) is 10.3. The van der Waals surface area contributed by atoms with E-state index in [4.69, 9.17) is 14.3 Å². The van der Waals surface area contributed by atoms with Gasteiger partial charge in [-0.05, 0) is 79.7 Å². The first kappa shape index (κ1) is 26.8. The zero-order valence-corrected chi connectivity index (χ0v) is 22.3. The Balaban J connectivity index is 1.43. The molecule has 2 atom stereocenters. The van der Waals surface area contributed by atoms with Crippen LogP contribution in [0.1, 0.15) is 59.8 Å². The second kappa shape index (κ2) is 12.8. The molecular formula is C27H39N7O3. The molecule has 1 aliphatic heterocycles. The molecule has 200 valence electrons. The largest absolute Gasteiger partial charge is 0.364 e. The van der Waals surface area contributed by atoms with Crippen LogP contribution in [-0.2, 0) is 4.74 Å². The van der Waals surface area contributed by atoms with Gasteiger partial charge < -0.3 is 20.2 Å². The molecule has 2 unspecified atom stereocenters. The zero-order chi connectivity index (χ0) is 26.2. The van der Waals surface area contributed by atoms with Crippen LogP contribution in [0.2, 0.25) is 0 Å². The molecule has 1 aliphatic carbocycles. The maximum atomic E-state index is 10.1. The number of rotatable bonds is 11. The molecule has 0 radical (unpaired) electrons. The number of nitrogens with zero attached hydrogens (tertiary/aromatic N) is 5. The number of aliphatic hydroxyl groups is 1. The molecule has 10 heteroatoms. The van der Waals surface area contributed by atoms with E-state index in [0.717, 1.165) is 49.4 Å². The lowest BCUT2D eigenvalue weighted by molar-refractivity contribution is -0.0685. The Morgan fingerprint density at radius 3 is 2.68 bits per heavy atom. The molecule has 0 aromatic carbocycles. The van der Waals surface area contributed by atoms with Gasteiger partial charge in [0.1, 0.15) is 0 Å². The lowest BCUT2D eigenvalue weighted by atomic mass is 9.83. The Labute approximate surface area is 218 Å². The topological polar surface area (TPSA) is 121 Å². The van der Waals surface area contributed by atoms with Gasteiger partial charge in [-0.2, -0.15) is 4.98 Å². The van der Waals surface area contributed by atoms with Gasteiger partial charge in [0.05, 0.1) is 0 Å². The predicted molar refractivity (Wildman–Crippen MR) is 144 cm³/mol. The first-order valence-corrected chi connectivity index (χ1v) is 13.3. The van der Waals surface area contributed by atoms with E-state index in [2.05, 4.69) is 56.2 Å². The van der Waals surface area contributed by atoms with E-state index in [1.54, 1.807) is 5.57 Å². The van der Waals surface area contributed by atoms with E-state index < -0.39 is 6.29 Å². The van der Waals surface area contributed by atoms with Crippen molar-refractivity contribution in [3.63, 3.8) is 0 Å². The third-order valence-electron chi connectivity index (χ3n) is 7.08. The number of ether oxygens (including phenoxy) is 1. The number of piperidine rings is 1. The Kier molecular flexibility index (Phi) is 9.29. The minimum Gasteiger partial charge on any atom is -0.364 e. The number of allylic oxidation sites excluding steroid dienone is 7. The molecule has 0 bridgehead atoms. The maximum Gasteiger partial charge on any atom is 0.245 e. The molecule has 0 saturated carbocycles. The van der Waals surface area contributed by atoms with Crippen molar-refractivity contribution >= 4 is 22.9 Å². The SMILES string of the molecule is CCOC(O)/C(=C/C=C(\C)NNc1nc2nonc2nc1N1CCC(CC2=CC=CCC2C)CC1)CC. The zero-order valence-electron chi connectivity index (χ0n) is 22.3. The smallest absolute Gasteiger partial charge is 0.245 e. The molecule has 2 aromatic heterocycles. The van der Waals surface area contributed by atoms with Crippen molar-refractivity contribution in [3.8, 4) is 0 Å². The number of nitrogens with one attached hydrogen (secondary N) is 2. The highest BCUT2D eigenvalue weighted by atomic mass is 16.6. The maximum absolute atomic E-state index is 10.1. The van der Waals surface area contributed by atoms with Crippen molar-refractivity contribution in [2.75, 3.05) is 30.0 Å². The summed E-state index contributed by atoms with van der Waals surface area (Å²) in [6.07, 6.45) is 14.8. The first-order chi connectivity index (χ1) is 18.0. The number of aliphatic hydroxyl groups excluding tert-OH is 1. The highest BCUT2D eigenvalue weighted by molar-refractivity contribution is 5.74. The molecular weight excluding hydrogens is 470 g/mol. The Morgan fingerprint density at radius 2 is 1.97 bits per heavy atom.